The van der Waals surface area contributed by atoms with Gasteiger partial charge in [0.2, 0.25) is 5.95 Å². The lowest BCUT2D eigenvalue weighted by Gasteiger charge is -2.36. The number of nitrogens with one attached hydrogen (secondary N) is 1. The topological polar surface area (TPSA) is 37.8 Å². The Balaban J connectivity index is 2.08. The predicted octanol–water partition coefficient (Wildman–Crippen LogP) is 2.97. The molecule has 88 valence electrons. The fourth-order valence-corrected chi connectivity index (χ4v) is 2.47. The summed E-state index contributed by atoms with van der Waals surface area (Å²) in [5.74, 6) is 0.575. The molecule has 0 aliphatic heterocycles. The highest BCUT2D eigenvalue weighted by Gasteiger charge is 2.31. The van der Waals surface area contributed by atoms with Gasteiger partial charge in [-0.15, -0.1) is 11.6 Å². The van der Waals surface area contributed by atoms with E-state index < -0.39 is 5.82 Å². The van der Waals surface area contributed by atoms with Crippen molar-refractivity contribution in [2.24, 2.45) is 0 Å². The maximum Gasteiger partial charge on any atom is 0.223 e. The van der Waals surface area contributed by atoms with Crippen molar-refractivity contribution >= 4 is 17.5 Å². The summed E-state index contributed by atoms with van der Waals surface area (Å²) in [4.78, 5) is 7.82. The monoisotopic (exact) mass is 243 g/mol. The van der Waals surface area contributed by atoms with E-state index >= 15 is 0 Å². The molecule has 0 atom stereocenters. The number of rotatable bonds is 3. The Kier molecular flexibility index (Phi) is 3.59. The van der Waals surface area contributed by atoms with Crippen LogP contribution in [-0.2, 0) is 0 Å². The molecular formula is C11H15ClFN3. The molecule has 0 spiro atoms. The molecule has 1 aromatic rings. The van der Waals surface area contributed by atoms with Crippen LogP contribution in [0.3, 0.4) is 0 Å². The molecule has 0 saturated heterocycles. The second-order valence-corrected chi connectivity index (χ2v) is 4.59. The Morgan fingerprint density at radius 1 is 1.25 bits per heavy atom. The molecule has 2 rings (SSSR count). The van der Waals surface area contributed by atoms with Gasteiger partial charge in [-0.25, -0.2) is 14.4 Å². The van der Waals surface area contributed by atoms with Crippen LogP contribution in [0.15, 0.2) is 12.4 Å². The maximum absolute atomic E-state index is 12.7. The highest BCUT2D eigenvalue weighted by molar-refractivity contribution is 6.18. The zero-order chi connectivity index (χ0) is 11.4. The zero-order valence-electron chi connectivity index (χ0n) is 9.05. The molecule has 3 nitrogen and oxygen atoms in total. The lowest BCUT2D eigenvalue weighted by atomic mass is 9.83. The van der Waals surface area contributed by atoms with Gasteiger partial charge < -0.3 is 5.32 Å². The van der Waals surface area contributed by atoms with Crippen LogP contribution in [0, 0.1) is 5.82 Å². The van der Waals surface area contributed by atoms with E-state index in [2.05, 4.69) is 15.3 Å². The van der Waals surface area contributed by atoms with Crippen molar-refractivity contribution in [1.82, 2.24) is 9.97 Å². The molecule has 1 aromatic heterocycles. The fraction of sp³-hybridized carbons (Fsp3) is 0.636. The highest BCUT2D eigenvalue weighted by Crippen LogP contribution is 2.31. The van der Waals surface area contributed by atoms with Crippen LogP contribution in [0.4, 0.5) is 10.3 Å². The van der Waals surface area contributed by atoms with Crippen molar-refractivity contribution in [3.63, 3.8) is 0 Å². The largest absolute Gasteiger partial charge is 0.348 e. The number of anilines is 1. The van der Waals surface area contributed by atoms with Crippen LogP contribution in [0.5, 0.6) is 0 Å². The summed E-state index contributed by atoms with van der Waals surface area (Å²) >= 11 is 6.03. The van der Waals surface area contributed by atoms with Crippen LogP contribution in [-0.4, -0.2) is 21.4 Å². The van der Waals surface area contributed by atoms with Gasteiger partial charge in [0.1, 0.15) is 0 Å². The molecule has 1 aliphatic rings. The lowest BCUT2D eigenvalue weighted by molar-refractivity contribution is 0.351. The van der Waals surface area contributed by atoms with Crippen molar-refractivity contribution in [2.75, 3.05) is 11.2 Å². The summed E-state index contributed by atoms with van der Waals surface area (Å²) in [5.41, 5.74) is -0.113. The van der Waals surface area contributed by atoms with Gasteiger partial charge in [0.05, 0.1) is 17.9 Å². The smallest absolute Gasteiger partial charge is 0.223 e. The van der Waals surface area contributed by atoms with E-state index in [0.717, 1.165) is 12.8 Å². The molecule has 0 radical (unpaired) electrons. The van der Waals surface area contributed by atoms with E-state index in [0.29, 0.717) is 11.8 Å². The Hall–Kier alpha value is -0.900. The van der Waals surface area contributed by atoms with Gasteiger partial charge in [-0.05, 0) is 12.8 Å². The summed E-state index contributed by atoms with van der Waals surface area (Å²) in [5, 5.41) is 3.25. The quantitative estimate of drug-likeness (QED) is 0.830. The molecule has 0 amide bonds. The normalized spacial score (nSPS) is 19.4. The summed E-state index contributed by atoms with van der Waals surface area (Å²) < 4.78 is 12.7. The van der Waals surface area contributed by atoms with Crippen LogP contribution in [0.25, 0.3) is 0 Å². The van der Waals surface area contributed by atoms with Crippen LogP contribution in [0.2, 0.25) is 0 Å². The predicted molar refractivity (Wildman–Crippen MR) is 62.1 cm³/mol. The standard InChI is InChI=1S/C11H15ClFN3/c12-8-11(4-2-1-3-5-11)16-10-14-6-9(13)7-15-10/h6-7H,1-5,8H2,(H,14,15,16). The average molecular weight is 244 g/mol. The number of nitrogens with zero attached hydrogens (tertiary/aromatic N) is 2. The van der Waals surface area contributed by atoms with Gasteiger partial charge in [0.15, 0.2) is 5.82 Å². The fourth-order valence-electron chi connectivity index (χ4n) is 2.13. The van der Waals surface area contributed by atoms with Crippen molar-refractivity contribution in [2.45, 2.75) is 37.6 Å². The molecule has 1 aliphatic carbocycles. The SMILES string of the molecule is Fc1cnc(NC2(CCl)CCCCC2)nc1. The van der Waals surface area contributed by atoms with E-state index in [9.17, 15) is 4.39 Å². The van der Waals surface area contributed by atoms with Gasteiger partial charge in [-0.3, -0.25) is 0 Å². The maximum atomic E-state index is 12.7. The van der Waals surface area contributed by atoms with Gasteiger partial charge in [0, 0.05) is 5.88 Å². The van der Waals surface area contributed by atoms with Crippen molar-refractivity contribution < 1.29 is 4.39 Å². The van der Waals surface area contributed by atoms with Gasteiger partial charge >= 0.3 is 0 Å². The molecule has 0 bridgehead atoms. The number of hydrogen-bond donors (Lipinski definition) is 1. The Bertz CT molecular complexity index is 336. The van der Waals surface area contributed by atoms with E-state index in [1.54, 1.807) is 0 Å². The first-order valence-corrected chi connectivity index (χ1v) is 6.09. The molecule has 5 heteroatoms. The summed E-state index contributed by atoms with van der Waals surface area (Å²) in [6.45, 7) is 0. The summed E-state index contributed by atoms with van der Waals surface area (Å²) in [6, 6.07) is 0. The Labute approximate surface area is 99.4 Å². The Morgan fingerprint density at radius 2 is 1.88 bits per heavy atom. The minimum absolute atomic E-state index is 0.113. The molecule has 1 heterocycles. The average Bonchev–Trinajstić information content (AvgIpc) is 2.33. The molecule has 1 saturated carbocycles. The molecule has 1 N–H and O–H groups in total. The number of alkyl halides is 1. The molecular weight excluding hydrogens is 229 g/mol. The van der Waals surface area contributed by atoms with E-state index in [-0.39, 0.29) is 5.54 Å². The van der Waals surface area contributed by atoms with Crippen LogP contribution < -0.4 is 5.32 Å². The minimum Gasteiger partial charge on any atom is -0.348 e. The van der Waals surface area contributed by atoms with E-state index in [4.69, 9.17) is 11.6 Å². The first kappa shape index (κ1) is 11.6. The first-order valence-electron chi connectivity index (χ1n) is 5.56. The number of aromatic nitrogens is 2. The molecule has 0 aromatic carbocycles. The van der Waals surface area contributed by atoms with Crippen molar-refractivity contribution in [1.29, 1.82) is 0 Å². The Morgan fingerprint density at radius 3 is 2.44 bits per heavy atom. The third kappa shape index (κ3) is 2.61. The summed E-state index contributed by atoms with van der Waals surface area (Å²) in [7, 11) is 0. The van der Waals surface area contributed by atoms with Gasteiger partial charge in [-0.2, -0.15) is 0 Å². The van der Waals surface area contributed by atoms with Crippen LogP contribution >= 0.6 is 11.6 Å². The first-order chi connectivity index (χ1) is 7.74. The second kappa shape index (κ2) is 4.95. The molecule has 16 heavy (non-hydrogen) atoms. The van der Waals surface area contributed by atoms with Gasteiger partial charge in [0.25, 0.3) is 0 Å². The number of hydrogen-bond acceptors (Lipinski definition) is 3. The molecule has 0 unspecified atom stereocenters. The molecule has 1 fully saturated rings. The second-order valence-electron chi connectivity index (χ2n) is 4.32. The van der Waals surface area contributed by atoms with Gasteiger partial charge in [-0.1, -0.05) is 19.3 Å². The zero-order valence-corrected chi connectivity index (χ0v) is 9.80. The number of halogens is 2. The van der Waals surface area contributed by atoms with Crippen molar-refractivity contribution in [3.8, 4) is 0 Å². The third-order valence-electron chi connectivity index (χ3n) is 3.06. The van der Waals surface area contributed by atoms with E-state index in [1.165, 1.54) is 31.7 Å². The van der Waals surface area contributed by atoms with Crippen LogP contribution in [0.1, 0.15) is 32.1 Å². The highest BCUT2D eigenvalue weighted by atomic mass is 35.5. The lowest BCUT2D eigenvalue weighted by Crippen LogP contribution is -2.42. The minimum atomic E-state index is -0.422. The third-order valence-corrected chi connectivity index (χ3v) is 3.58. The van der Waals surface area contributed by atoms with Crippen molar-refractivity contribution in [3.05, 3.63) is 18.2 Å². The van der Waals surface area contributed by atoms with E-state index in [1.807, 2.05) is 0 Å². The summed E-state index contributed by atoms with van der Waals surface area (Å²) in [6.07, 6.45) is 7.97.